The lowest BCUT2D eigenvalue weighted by molar-refractivity contribution is 0.0933. The van der Waals surface area contributed by atoms with Crippen molar-refractivity contribution in [3.8, 4) is 11.5 Å². The minimum absolute atomic E-state index is 0.0226. The predicted molar refractivity (Wildman–Crippen MR) is 92.3 cm³/mol. The monoisotopic (exact) mass is 319 g/mol. The second kappa shape index (κ2) is 8.80. The Morgan fingerprint density at radius 2 is 1.87 bits per heavy atom. The quantitative estimate of drug-likeness (QED) is 0.800. The third-order valence-electron chi connectivity index (χ3n) is 4.19. The topological polar surface area (TPSA) is 47.6 Å². The van der Waals surface area contributed by atoms with Gasteiger partial charge in [0.25, 0.3) is 5.91 Å². The maximum Gasteiger partial charge on any atom is 0.251 e. The Morgan fingerprint density at radius 3 is 2.48 bits per heavy atom. The van der Waals surface area contributed by atoms with Crippen LogP contribution in [0.25, 0.3) is 0 Å². The van der Waals surface area contributed by atoms with Crippen LogP contribution < -0.4 is 14.8 Å². The molecule has 1 aromatic rings. The normalized spacial score (nSPS) is 16.0. The number of amides is 1. The second-order valence-corrected chi connectivity index (χ2v) is 6.73. The van der Waals surface area contributed by atoms with E-state index in [1.54, 1.807) is 13.2 Å². The lowest BCUT2D eigenvalue weighted by Gasteiger charge is -2.17. The Labute approximate surface area is 139 Å². The summed E-state index contributed by atoms with van der Waals surface area (Å²) in [7, 11) is 1.60. The van der Waals surface area contributed by atoms with Gasteiger partial charge in [0, 0.05) is 11.6 Å². The first-order chi connectivity index (χ1) is 11.1. The molecular weight excluding hydrogens is 290 g/mol. The van der Waals surface area contributed by atoms with E-state index in [0.29, 0.717) is 35.6 Å². The molecule has 1 aromatic carbocycles. The van der Waals surface area contributed by atoms with Gasteiger partial charge in [-0.15, -0.1) is 0 Å². The molecule has 1 amide bonds. The molecule has 0 atom stereocenters. The summed E-state index contributed by atoms with van der Waals surface area (Å²) in [6.07, 6.45) is 7.13. The van der Waals surface area contributed by atoms with Crippen molar-refractivity contribution in [1.29, 1.82) is 0 Å². The summed E-state index contributed by atoms with van der Waals surface area (Å²) >= 11 is 0. The number of ether oxygens (including phenoxy) is 2. The fraction of sp³-hybridized carbons (Fsp3) is 0.632. The van der Waals surface area contributed by atoms with Gasteiger partial charge in [-0.1, -0.05) is 39.5 Å². The standard InChI is InChI=1S/C19H29NO3/c1-14(2)13-23-17-11-10-15(12-18(17)22-3)19(21)20-16-8-6-4-5-7-9-16/h10-12,14,16H,4-9,13H2,1-3H3,(H,20,21). The molecule has 0 heterocycles. The summed E-state index contributed by atoms with van der Waals surface area (Å²) < 4.78 is 11.1. The van der Waals surface area contributed by atoms with E-state index in [4.69, 9.17) is 9.47 Å². The van der Waals surface area contributed by atoms with Crippen LogP contribution in [0, 0.1) is 5.92 Å². The molecular formula is C19H29NO3. The van der Waals surface area contributed by atoms with Crippen molar-refractivity contribution in [3.63, 3.8) is 0 Å². The number of nitrogens with one attached hydrogen (secondary N) is 1. The van der Waals surface area contributed by atoms with Crippen LogP contribution in [0.2, 0.25) is 0 Å². The van der Waals surface area contributed by atoms with E-state index in [-0.39, 0.29) is 5.91 Å². The van der Waals surface area contributed by atoms with Gasteiger partial charge in [0.2, 0.25) is 0 Å². The number of hydrogen-bond acceptors (Lipinski definition) is 3. The summed E-state index contributed by atoms with van der Waals surface area (Å²) in [6.45, 7) is 4.83. The number of carbonyl (C=O) groups excluding carboxylic acids is 1. The molecule has 128 valence electrons. The Morgan fingerprint density at radius 1 is 1.17 bits per heavy atom. The number of carbonyl (C=O) groups is 1. The fourth-order valence-electron chi connectivity index (χ4n) is 2.88. The van der Waals surface area contributed by atoms with E-state index in [9.17, 15) is 4.79 Å². The van der Waals surface area contributed by atoms with Gasteiger partial charge in [-0.05, 0) is 37.0 Å². The van der Waals surface area contributed by atoms with Gasteiger partial charge in [-0.3, -0.25) is 4.79 Å². The highest BCUT2D eigenvalue weighted by atomic mass is 16.5. The summed E-state index contributed by atoms with van der Waals surface area (Å²) in [5.74, 6) is 1.72. The predicted octanol–water partition coefficient (Wildman–Crippen LogP) is 4.18. The molecule has 0 saturated heterocycles. The molecule has 0 bridgehead atoms. The third-order valence-corrected chi connectivity index (χ3v) is 4.19. The maximum absolute atomic E-state index is 12.5. The molecule has 0 radical (unpaired) electrons. The van der Waals surface area contributed by atoms with Gasteiger partial charge in [0.1, 0.15) is 0 Å². The smallest absolute Gasteiger partial charge is 0.251 e. The molecule has 1 fully saturated rings. The Kier molecular flexibility index (Phi) is 6.75. The molecule has 0 spiro atoms. The summed E-state index contributed by atoms with van der Waals surface area (Å²) in [5.41, 5.74) is 0.628. The Hall–Kier alpha value is -1.71. The average molecular weight is 319 g/mol. The Bertz CT molecular complexity index is 505. The highest BCUT2D eigenvalue weighted by Gasteiger charge is 2.17. The Balaban J connectivity index is 2.02. The SMILES string of the molecule is COc1cc(C(=O)NC2CCCCCC2)ccc1OCC(C)C. The maximum atomic E-state index is 12.5. The lowest BCUT2D eigenvalue weighted by atomic mass is 10.1. The van der Waals surface area contributed by atoms with Gasteiger partial charge >= 0.3 is 0 Å². The van der Waals surface area contributed by atoms with Crippen LogP contribution >= 0.6 is 0 Å². The minimum Gasteiger partial charge on any atom is -0.493 e. The van der Waals surface area contributed by atoms with E-state index in [0.717, 1.165) is 12.8 Å². The number of methoxy groups -OCH3 is 1. The van der Waals surface area contributed by atoms with Crippen molar-refractivity contribution in [3.05, 3.63) is 23.8 Å². The molecule has 0 aliphatic heterocycles. The highest BCUT2D eigenvalue weighted by molar-refractivity contribution is 5.95. The molecule has 1 N–H and O–H groups in total. The van der Waals surface area contributed by atoms with Gasteiger partial charge in [0.05, 0.1) is 13.7 Å². The summed E-state index contributed by atoms with van der Waals surface area (Å²) in [6, 6.07) is 5.70. The van der Waals surface area contributed by atoms with E-state index in [2.05, 4.69) is 19.2 Å². The number of rotatable bonds is 6. The first-order valence-corrected chi connectivity index (χ1v) is 8.72. The van der Waals surface area contributed by atoms with E-state index < -0.39 is 0 Å². The molecule has 1 saturated carbocycles. The van der Waals surface area contributed by atoms with Gasteiger partial charge in [0.15, 0.2) is 11.5 Å². The molecule has 2 rings (SSSR count). The second-order valence-electron chi connectivity index (χ2n) is 6.73. The van der Waals surface area contributed by atoms with E-state index >= 15 is 0 Å². The van der Waals surface area contributed by atoms with E-state index in [1.807, 2.05) is 12.1 Å². The van der Waals surface area contributed by atoms with Crippen molar-refractivity contribution < 1.29 is 14.3 Å². The molecule has 0 unspecified atom stereocenters. The van der Waals surface area contributed by atoms with Crippen molar-refractivity contribution in [2.45, 2.75) is 58.4 Å². The first kappa shape index (κ1) is 17.6. The first-order valence-electron chi connectivity index (χ1n) is 8.72. The largest absolute Gasteiger partial charge is 0.493 e. The van der Waals surface area contributed by atoms with Crippen molar-refractivity contribution in [1.82, 2.24) is 5.32 Å². The summed E-state index contributed by atoms with van der Waals surface area (Å²) in [4.78, 5) is 12.5. The molecule has 1 aliphatic carbocycles. The zero-order valence-corrected chi connectivity index (χ0v) is 14.6. The molecule has 1 aliphatic rings. The fourth-order valence-corrected chi connectivity index (χ4v) is 2.88. The van der Waals surface area contributed by atoms with Crippen LogP contribution in [0.5, 0.6) is 11.5 Å². The van der Waals surface area contributed by atoms with Gasteiger partial charge in [-0.25, -0.2) is 0 Å². The van der Waals surface area contributed by atoms with Crippen LogP contribution in [0.4, 0.5) is 0 Å². The zero-order chi connectivity index (χ0) is 16.7. The number of hydrogen-bond donors (Lipinski definition) is 1. The zero-order valence-electron chi connectivity index (χ0n) is 14.6. The van der Waals surface area contributed by atoms with Crippen molar-refractivity contribution in [2.24, 2.45) is 5.92 Å². The summed E-state index contributed by atoms with van der Waals surface area (Å²) in [5, 5.41) is 3.16. The van der Waals surface area contributed by atoms with Crippen molar-refractivity contribution in [2.75, 3.05) is 13.7 Å². The van der Waals surface area contributed by atoms with Crippen LogP contribution in [-0.2, 0) is 0 Å². The molecule has 4 nitrogen and oxygen atoms in total. The lowest BCUT2D eigenvalue weighted by Crippen LogP contribution is -2.34. The van der Waals surface area contributed by atoms with Crippen LogP contribution in [0.3, 0.4) is 0 Å². The van der Waals surface area contributed by atoms with Crippen LogP contribution in [0.1, 0.15) is 62.7 Å². The molecule has 4 heteroatoms. The van der Waals surface area contributed by atoms with Gasteiger partial charge in [-0.2, -0.15) is 0 Å². The van der Waals surface area contributed by atoms with Gasteiger partial charge < -0.3 is 14.8 Å². The molecule has 23 heavy (non-hydrogen) atoms. The van der Waals surface area contributed by atoms with Crippen LogP contribution in [-0.4, -0.2) is 25.7 Å². The van der Waals surface area contributed by atoms with Crippen LogP contribution in [0.15, 0.2) is 18.2 Å². The van der Waals surface area contributed by atoms with E-state index in [1.165, 1.54) is 25.7 Å². The highest BCUT2D eigenvalue weighted by Crippen LogP contribution is 2.28. The van der Waals surface area contributed by atoms with Crippen molar-refractivity contribution >= 4 is 5.91 Å². The molecule has 0 aromatic heterocycles. The third kappa shape index (κ3) is 5.45. The number of benzene rings is 1. The minimum atomic E-state index is -0.0226. The average Bonchev–Trinajstić information content (AvgIpc) is 2.81.